The van der Waals surface area contributed by atoms with Crippen LogP contribution < -0.4 is 20.9 Å². The minimum Gasteiger partial charge on any atom is -0.355 e. The van der Waals surface area contributed by atoms with E-state index in [1.165, 1.54) is 0 Å². The lowest BCUT2D eigenvalue weighted by Crippen LogP contribution is -2.08. The molecule has 4 aromatic rings. The quantitative estimate of drug-likeness (QED) is 0.376. The first-order chi connectivity index (χ1) is 18.7. The summed E-state index contributed by atoms with van der Waals surface area (Å²) < 4.78 is 0. The van der Waals surface area contributed by atoms with E-state index in [0.29, 0.717) is 0 Å². The van der Waals surface area contributed by atoms with Crippen molar-refractivity contribution in [2.75, 3.05) is 0 Å². The molecule has 4 nitrogen and oxygen atoms in total. The number of nitrogens with one attached hydrogen (secondary N) is 2. The molecule has 12 bridgehead atoms. The van der Waals surface area contributed by atoms with Gasteiger partial charge < -0.3 is 9.97 Å². The van der Waals surface area contributed by atoms with Gasteiger partial charge in [-0.2, -0.15) is 0 Å². The number of aliphatic imine (C=N–C) groups is 2. The molecule has 180 valence electrons. The second kappa shape index (κ2) is 9.34. The Morgan fingerprint density at radius 2 is 0.684 bits per heavy atom. The number of aromatic nitrogens is 2. The second-order valence-corrected chi connectivity index (χ2v) is 9.53. The summed E-state index contributed by atoms with van der Waals surface area (Å²) in [5.74, 6) is 0. The van der Waals surface area contributed by atoms with Crippen LogP contribution in [-0.4, -0.2) is 21.4 Å². The van der Waals surface area contributed by atoms with Crippen LogP contribution in [0.25, 0.3) is 36.5 Å². The molecule has 8 heterocycles. The summed E-state index contributed by atoms with van der Waals surface area (Å²) in [6.07, 6.45) is 20.8. The fraction of sp³-hybridized carbons (Fsp3) is 0. The van der Waals surface area contributed by atoms with E-state index in [-0.39, 0.29) is 0 Å². The number of allylic oxidation sites excluding steroid dienone is 4. The van der Waals surface area contributed by atoms with E-state index in [9.17, 15) is 0 Å². The van der Waals surface area contributed by atoms with E-state index in [2.05, 4.69) is 131 Å². The molecule has 10 rings (SSSR count). The third kappa shape index (κ3) is 4.88. The molecule has 2 N–H and O–H groups in total. The van der Waals surface area contributed by atoms with Gasteiger partial charge in [0.15, 0.2) is 0 Å². The van der Waals surface area contributed by atoms with Crippen LogP contribution in [0.5, 0.6) is 0 Å². The van der Waals surface area contributed by atoms with Gasteiger partial charge >= 0.3 is 0 Å². The maximum Gasteiger partial charge on any atom is 0.0658 e. The number of benzene rings is 2. The molecule has 0 amide bonds. The van der Waals surface area contributed by atoms with Gasteiger partial charge in [0, 0.05) is 22.8 Å². The average Bonchev–Trinajstić information content (AvgIpc) is 3.73. The Labute approximate surface area is 219 Å². The van der Waals surface area contributed by atoms with Crippen molar-refractivity contribution in [3.63, 3.8) is 0 Å². The standard InChI is InChI=1S/C34H24N4/c1-2-24-4-3-23(1)17-27-9-13-31(35-27)21-33-15-11-29(37-33)19-25-5-7-26(8-6-25)20-30-12-16-34(38-30)22-32-14-10-28(18-24)36-32/h1-22,35,38H. The molecule has 0 fully saturated rings. The molecule has 6 aliphatic heterocycles. The maximum absolute atomic E-state index is 4.77. The highest BCUT2D eigenvalue weighted by atomic mass is 14.8. The van der Waals surface area contributed by atoms with Crippen LogP contribution in [0.15, 0.2) is 118 Å². The predicted molar refractivity (Wildman–Crippen MR) is 158 cm³/mol. The van der Waals surface area contributed by atoms with Crippen LogP contribution in [0, 0.1) is 0 Å². The zero-order chi connectivity index (χ0) is 25.3. The molecule has 0 spiro atoms. The van der Waals surface area contributed by atoms with Gasteiger partial charge in [0.1, 0.15) is 0 Å². The first-order valence-corrected chi connectivity index (χ1v) is 12.6. The van der Waals surface area contributed by atoms with Crippen molar-refractivity contribution in [1.29, 1.82) is 0 Å². The van der Waals surface area contributed by atoms with Gasteiger partial charge in [0.2, 0.25) is 0 Å². The van der Waals surface area contributed by atoms with Gasteiger partial charge in [0.05, 0.1) is 22.8 Å². The molecule has 0 saturated carbocycles. The SMILES string of the molecule is C1=CC2=NC1=Cc1ccc([nH]1)C=c1ccc(cc1)=CC1=NC(=Cc3ccc([nH]3)C=c3ccc(cc3)=C2)C=C1. The number of H-pyrrole nitrogens is 2. The third-order valence-corrected chi connectivity index (χ3v) is 6.58. The third-order valence-electron chi connectivity index (χ3n) is 6.58. The van der Waals surface area contributed by atoms with Gasteiger partial charge in [-0.25, -0.2) is 9.98 Å². The van der Waals surface area contributed by atoms with Crippen LogP contribution in [0.3, 0.4) is 0 Å². The Morgan fingerprint density at radius 3 is 1.08 bits per heavy atom. The first-order valence-electron chi connectivity index (χ1n) is 12.6. The molecule has 6 aliphatic rings. The summed E-state index contributed by atoms with van der Waals surface area (Å²) in [5, 5.41) is 4.50. The normalized spacial score (nSPS) is 15.6. The number of rotatable bonds is 0. The monoisotopic (exact) mass is 488 g/mol. The molecule has 0 saturated heterocycles. The van der Waals surface area contributed by atoms with Crippen molar-refractivity contribution in [3.8, 4) is 0 Å². The lowest BCUT2D eigenvalue weighted by atomic mass is 10.2. The van der Waals surface area contributed by atoms with Gasteiger partial charge in [-0.05, 0) is 106 Å². The Morgan fingerprint density at radius 1 is 0.342 bits per heavy atom. The molecular formula is C34H24N4. The summed E-state index contributed by atoms with van der Waals surface area (Å²) in [6, 6.07) is 25.3. The highest BCUT2D eigenvalue weighted by Crippen LogP contribution is 2.16. The average molecular weight is 489 g/mol. The highest BCUT2D eigenvalue weighted by Gasteiger charge is 2.04. The Bertz CT molecular complexity index is 1820. The molecule has 4 heteroatoms. The Kier molecular flexibility index (Phi) is 5.41. The molecule has 0 radical (unpaired) electrons. The van der Waals surface area contributed by atoms with Crippen molar-refractivity contribution in [1.82, 2.24) is 9.97 Å². The molecule has 2 aromatic carbocycles. The van der Waals surface area contributed by atoms with Crippen molar-refractivity contribution < 1.29 is 0 Å². The summed E-state index contributed by atoms with van der Waals surface area (Å²) in [7, 11) is 0. The lowest BCUT2D eigenvalue weighted by Gasteiger charge is -1.93. The maximum atomic E-state index is 4.77. The van der Waals surface area contributed by atoms with Crippen LogP contribution in [-0.2, 0) is 0 Å². The van der Waals surface area contributed by atoms with Crippen molar-refractivity contribution in [2.45, 2.75) is 0 Å². The smallest absolute Gasteiger partial charge is 0.0658 e. The molecule has 38 heavy (non-hydrogen) atoms. The molecule has 0 aliphatic carbocycles. The van der Waals surface area contributed by atoms with E-state index in [4.69, 9.17) is 9.98 Å². The van der Waals surface area contributed by atoms with Crippen LogP contribution in [0.2, 0.25) is 0 Å². The zero-order valence-corrected chi connectivity index (χ0v) is 20.6. The van der Waals surface area contributed by atoms with Crippen LogP contribution in [0.1, 0.15) is 22.8 Å². The predicted octanol–water partition coefficient (Wildman–Crippen LogP) is 3.98. The summed E-state index contributed by atoms with van der Waals surface area (Å²) in [6.45, 7) is 0. The molecule has 0 unspecified atom stereocenters. The van der Waals surface area contributed by atoms with E-state index in [1.807, 2.05) is 12.2 Å². The largest absolute Gasteiger partial charge is 0.355 e. The summed E-state index contributed by atoms with van der Waals surface area (Å²) >= 11 is 0. The first kappa shape index (κ1) is 22.0. The van der Waals surface area contributed by atoms with E-state index in [1.54, 1.807) is 0 Å². The van der Waals surface area contributed by atoms with Crippen LogP contribution >= 0.6 is 0 Å². The summed E-state index contributed by atoms with van der Waals surface area (Å²) in [4.78, 5) is 16.5. The molecular weight excluding hydrogens is 464 g/mol. The van der Waals surface area contributed by atoms with Gasteiger partial charge in [-0.1, -0.05) is 48.5 Å². The second-order valence-electron chi connectivity index (χ2n) is 9.53. The van der Waals surface area contributed by atoms with Crippen molar-refractivity contribution in [2.24, 2.45) is 9.98 Å². The fourth-order valence-corrected chi connectivity index (χ4v) is 4.70. The number of hydrogen-bond donors (Lipinski definition) is 2. The fourth-order valence-electron chi connectivity index (χ4n) is 4.70. The van der Waals surface area contributed by atoms with E-state index in [0.717, 1.165) is 66.5 Å². The van der Waals surface area contributed by atoms with Gasteiger partial charge in [-0.15, -0.1) is 0 Å². The Balaban J connectivity index is 1.32. The lowest BCUT2D eigenvalue weighted by molar-refractivity contribution is 1.32. The molecule has 2 aromatic heterocycles. The topological polar surface area (TPSA) is 56.3 Å². The number of aromatic amines is 2. The minimum absolute atomic E-state index is 0.930. The van der Waals surface area contributed by atoms with Gasteiger partial charge in [-0.3, -0.25) is 0 Å². The zero-order valence-electron chi connectivity index (χ0n) is 20.6. The van der Waals surface area contributed by atoms with Crippen molar-refractivity contribution >= 4 is 47.9 Å². The minimum atomic E-state index is 0.930. The molecule has 0 atom stereocenters. The van der Waals surface area contributed by atoms with Crippen LogP contribution in [0.4, 0.5) is 0 Å². The number of hydrogen-bond acceptors (Lipinski definition) is 2. The van der Waals surface area contributed by atoms with Gasteiger partial charge in [0.25, 0.3) is 0 Å². The highest BCUT2D eigenvalue weighted by molar-refractivity contribution is 6.20. The number of nitrogens with zero attached hydrogens (tertiary/aromatic N) is 2. The van der Waals surface area contributed by atoms with E-state index < -0.39 is 0 Å². The Hall–Kier alpha value is -5.22. The van der Waals surface area contributed by atoms with E-state index >= 15 is 0 Å². The summed E-state index contributed by atoms with van der Waals surface area (Å²) in [5.41, 5.74) is 7.89. The van der Waals surface area contributed by atoms with Crippen molar-refractivity contribution in [3.05, 3.63) is 152 Å².